The van der Waals surface area contributed by atoms with E-state index >= 15 is 0 Å². The summed E-state index contributed by atoms with van der Waals surface area (Å²) in [5, 5.41) is 3.22. The SMILES string of the molecule is CCC1OCCC1C(=O)N(CC)C1CNC1. The fourth-order valence-electron chi connectivity index (χ4n) is 2.63. The average molecular weight is 226 g/mol. The Balaban J connectivity index is 1.98. The number of nitrogens with one attached hydrogen (secondary N) is 1. The van der Waals surface area contributed by atoms with E-state index in [-0.39, 0.29) is 12.0 Å². The molecule has 2 aliphatic rings. The van der Waals surface area contributed by atoms with Gasteiger partial charge in [0.2, 0.25) is 5.91 Å². The lowest BCUT2D eigenvalue weighted by molar-refractivity contribution is -0.140. The van der Waals surface area contributed by atoms with Gasteiger partial charge in [0.15, 0.2) is 0 Å². The molecular weight excluding hydrogens is 204 g/mol. The zero-order chi connectivity index (χ0) is 11.5. The molecule has 16 heavy (non-hydrogen) atoms. The van der Waals surface area contributed by atoms with Crippen LogP contribution in [0.5, 0.6) is 0 Å². The molecule has 92 valence electrons. The minimum atomic E-state index is 0.102. The summed E-state index contributed by atoms with van der Waals surface area (Å²) in [6, 6.07) is 0.413. The third-order valence-corrected chi connectivity index (χ3v) is 3.75. The van der Waals surface area contributed by atoms with E-state index in [0.29, 0.717) is 11.9 Å². The van der Waals surface area contributed by atoms with E-state index < -0.39 is 0 Å². The fraction of sp³-hybridized carbons (Fsp3) is 0.917. The van der Waals surface area contributed by atoms with Crippen LogP contribution in [-0.4, -0.2) is 49.2 Å². The van der Waals surface area contributed by atoms with Crippen molar-refractivity contribution < 1.29 is 9.53 Å². The van der Waals surface area contributed by atoms with Crippen molar-refractivity contribution >= 4 is 5.91 Å². The third-order valence-electron chi connectivity index (χ3n) is 3.75. The van der Waals surface area contributed by atoms with Crippen LogP contribution in [0.3, 0.4) is 0 Å². The second-order valence-electron chi connectivity index (χ2n) is 4.65. The van der Waals surface area contributed by atoms with Crippen molar-refractivity contribution in [2.75, 3.05) is 26.2 Å². The molecule has 2 fully saturated rings. The molecule has 2 saturated heterocycles. The maximum absolute atomic E-state index is 12.4. The highest BCUT2D eigenvalue weighted by Crippen LogP contribution is 2.26. The molecule has 0 bridgehead atoms. The standard InChI is InChI=1S/C12H22N2O2/c1-3-11-10(5-6-16-11)12(15)14(4-2)9-7-13-8-9/h9-11,13H,3-8H2,1-2H3. The lowest BCUT2D eigenvalue weighted by Gasteiger charge is -2.39. The summed E-state index contributed by atoms with van der Waals surface area (Å²) in [5.74, 6) is 0.406. The molecule has 0 spiro atoms. The summed E-state index contributed by atoms with van der Waals surface area (Å²) in [6.07, 6.45) is 1.99. The molecule has 0 aliphatic carbocycles. The highest BCUT2D eigenvalue weighted by Gasteiger charge is 2.38. The average Bonchev–Trinajstić information content (AvgIpc) is 2.69. The summed E-state index contributed by atoms with van der Waals surface area (Å²) < 4.78 is 5.60. The van der Waals surface area contributed by atoms with Crippen molar-refractivity contribution in [1.29, 1.82) is 0 Å². The first-order valence-corrected chi connectivity index (χ1v) is 6.40. The number of hydrogen-bond donors (Lipinski definition) is 1. The van der Waals surface area contributed by atoms with Gasteiger partial charge in [-0.2, -0.15) is 0 Å². The van der Waals surface area contributed by atoms with Crippen LogP contribution in [-0.2, 0) is 9.53 Å². The normalized spacial score (nSPS) is 30.1. The quantitative estimate of drug-likeness (QED) is 0.764. The lowest BCUT2D eigenvalue weighted by Crippen LogP contribution is -2.60. The maximum Gasteiger partial charge on any atom is 0.228 e. The monoisotopic (exact) mass is 226 g/mol. The summed E-state index contributed by atoms with van der Waals surface area (Å²) in [7, 11) is 0. The highest BCUT2D eigenvalue weighted by molar-refractivity contribution is 5.80. The number of nitrogens with zero attached hydrogens (tertiary/aromatic N) is 1. The van der Waals surface area contributed by atoms with Crippen molar-refractivity contribution in [1.82, 2.24) is 10.2 Å². The van der Waals surface area contributed by atoms with Crippen LogP contribution in [0.15, 0.2) is 0 Å². The zero-order valence-electron chi connectivity index (χ0n) is 10.2. The number of carbonyl (C=O) groups excluding carboxylic acids is 1. The van der Waals surface area contributed by atoms with Crippen LogP contribution in [0, 0.1) is 5.92 Å². The molecule has 1 N–H and O–H groups in total. The molecule has 2 rings (SSSR count). The largest absolute Gasteiger partial charge is 0.377 e. The van der Waals surface area contributed by atoms with Gasteiger partial charge in [0.25, 0.3) is 0 Å². The Morgan fingerprint density at radius 2 is 2.19 bits per heavy atom. The Kier molecular flexibility index (Phi) is 3.82. The van der Waals surface area contributed by atoms with Crippen LogP contribution in [0.1, 0.15) is 26.7 Å². The van der Waals surface area contributed by atoms with Crippen LogP contribution >= 0.6 is 0 Å². The van der Waals surface area contributed by atoms with Gasteiger partial charge >= 0.3 is 0 Å². The molecule has 4 heteroatoms. The van der Waals surface area contributed by atoms with E-state index in [2.05, 4.69) is 19.2 Å². The molecule has 0 aromatic carbocycles. The van der Waals surface area contributed by atoms with E-state index in [4.69, 9.17) is 4.74 Å². The van der Waals surface area contributed by atoms with Crippen molar-refractivity contribution in [2.24, 2.45) is 5.92 Å². The van der Waals surface area contributed by atoms with E-state index in [1.807, 2.05) is 4.90 Å². The second-order valence-corrected chi connectivity index (χ2v) is 4.65. The van der Waals surface area contributed by atoms with Crippen LogP contribution < -0.4 is 5.32 Å². The first kappa shape index (κ1) is 11.9. The Hall–Kier alpha value is -0.610. The first-order valence-electron chi connectivity index (χ1n) is 6.40. The van der Waals surface area contributed by atoms with Crippen molar-refractivity contribution in [2.45, 2.75) is 38.8 Å². The molecule has 4 nitrogen and oxygen atoms in total. The van der Waals surface area contributed by atoms with Crippen LogP contribution in [0.4, 0.5) is 0 Å². The Morgan fingerprint density at radius 1 is 1.44 bits per heavy atom. The van der Waals surface area contributed by atoms with Crippen molar-refractivity contribution in [3.8, 4) is 0 Å². The van der Waals surface area contributed by atoms with E-state index in [0.717, 1.165) is 39.1 Å². The number of ether oxygens (including phenoxy) is 1. The molecule has 2 heterocycles. The predicted molar refractivity (Wildman–Crippen MR) is 62.2 cm³/mol. The molecule has 2 unspecified atom stereocenters. The lowest BCUT2D eigenvalue weighted by atomic mass is 9.96. The van der Waals surface area contributed by atoms with Gasteiger partial charge in [-0.3, -0.25) is 4.79 Å². The second kappa shape index (κ2) is 5.15. The minimum absolute atomic E-state index is 0.102. The molecule has 0 radical (unpaired) electrons. The minimum Gasteiger partial charge on any atom is -0.377 e. The molecule has 0 saturated carbocycles. The van der Waals surface area contributed by atoms with Crippen molar-refractivity contribution in [3.63, 3.8) is 0 Å². The summed E-state index contributed by atoms with van der Waals surface area (Å²) in [6.45, 7) is 7.62. The van der Waals surface area contributed by atoms with Gasteiger partial charge in [-0.1, -0.05) is 6.92 Å². The van der Waals surface area contributed by atoms with E-state index in [1.165, 1.54) is 0 Å². The van der Waals surface area contributed by atoms with Gasteiger partial charge < -0.3 is 15.0 Å². The molecule has 0 aromatic rings. The van der Waals surface area contributed by atoms with Gasteiger partial charge in [-0.15, -0.1) is 0 Å². The van der Waals surface area contributed by atoms with Gasteiger partial charge in [0, 0.05) is 26.2 Å². The van der Waals surface area contributed by atoms with Crippen LogP contribution in [0.25, 0.3) is 0 Å². The number of carbonyl (C=O) groups is 1. The predicted octanol–water partition coefficient (Wildman–Crippen LogP) is 0.622. The molecule has 1 amide bonds. The molecule has 0 aromatic heterocycles. The zero-order valence-corrected chi connectivity index (χ0v) is 10.2. The summed E-state index contributed by atoms with van der Waals surface area (Å²) >= 11 is 0. The third kappa shape index (κ3) is 2.09. The number of likely N-dealkylation sites (N-methyl/N-ethyl adjacent to an activating group) is 1. The van der Waals surface area contributed by atoms with Gasteiger partial charge in [0.1, 0.15) is 0 Å². The van der Waals surface area contributed by atoms with Crippen molar-refractivity contribution in [3.05, 3.63) is 0 Å². The molecule has 2 atom stereocenters. The van der Waals surface area contributed by atoms with Crippen LogP contribution in [0.2, 0.25) is 0 Å². The van der Waals surface area contributed by atoms with Gasteiger partial charge in [-0.05, 0) is 19.8 Å². The molecular formula is C12H22N2O2. The number of rotatable bonds is 4. The van der Waals surface area contributed by atoms with Gasteiger partial charge in [0.05, 0.1) is 18.1 Å². The smallest absolute Gasteiger partial charge is 0.228 e. The summed E-state index contributed by atoms with van der Waals surface area (Å²) in [5.41, 5.74) is 0. The highest BCUT2D eigenvalue weighted by atomic mass is 16.5. The van der Waals surface area contributed by atoms with E-state index in [1.54, 1.807) is 0 Å². The number of amides is 1. The summed E-state index contributed by atoms with van der Waals surface area (Å²) in [4.78, 5) is 14.4. The van der Waals surface area contributed by atoms with Gasteiger partial charge in [-0.25, -0.2) is 0 Å². The van der Waals surface area contributed by atoms with E-state index in [9.17, 15) is 4.79 Å². The Morgan fingerprint density at radius 3 is 2.69 bits per heavy atom. The topological polar surface area (TPSA) is 41.6 Å². The first-order chi connectivity index (χ1) is 7.77. The fourth-order valence-corrected chi connectivity index (χ4v) is 2.63. The molecule has 2 aliphatic heterocycles. The number of hydrogen-bond acceptors (Lipinski definition) is 3. The Labute approximate surface area is 97.3 Å². The maximum atomic E-state index is 12.4. The Bertz CT molecular complexity index is 249.